The minimum Gasteiger partial charge on any atom is -0.494 e. The van der Waals surface area contributed by atoms with Crippen LogP contribution in [0.25, 0.3) is 11.0 Å². The maximum Gasteiger partial charge on any atom is 0.255 e. The van der Waals surface area contributed by atoms with Crippen molar-refractivity contribution in [3.8, 4) is 5.75 Å². The molecule has 5 heteroatoms. The summed E-state index contributed by atoms with van der Waals surface area (Å²) in [5, 5.41) is 3.55. The van der Waals surface area contributed by atoms with E-state index in [0.29, 0.717) is 34.4 Å². The Morgan fingerprint density at radius 1 is 0.871 bits per heavy atom. The summed E-state index contributed by atoms with van der Waals surface area (Å²) in [6.45, 7) is 2.75. The second-order valence-corrected chi connectivity index (χ2v) is 7.18. The van der Waals surface area contributed by atoms with Crippen LogP contribution in [0, 0.1) is 0 Å². The molecule has 5 nitrogen and oxygen atoms in total. The van der Waals surface area contributed by atoms with E-state index < -0.39 is 0 Å². The Morgan fingerprint density at radius 2 is 1.58 bits per heavy atom. The van der Waals surface area contributed by atoms with Gasteiger partial charge in [0, 0.05) is 16.5 Å². The number of hydrogen-bond acceptors (Lipinski definition) is 4. The summed E-state index contributed by atoms with van der Waals surface area (Å²) >= 11 is 0. The largest absolute Gasteiger partial charge is 0.494 e. The van der Waals surface area contributed by atoms with Crippen LogP contribution in [-0.4, -0.2) is 18.3 Å². The molecule has 0 aliphatic rings. The first-order valence-corrected chi connectivity index (χ1v) is 10.3. The van der Waals surface area contributed by atoms with Crippen LogP contribution in [0.5, 0.6) is 5.75 Å². The van der Waals surface area contributed by atoms with Gasteiger partial charge in [-0.1, -0.05) is 55.8 Å². The molecule has 0 saturated carbocycles. The van der Waals surface area contributed by atoms with E-state index in [4.69, 9.17) is 9.15 Å². The first-order chi connectivity index (χ1) is 15.2. The molecule has 156 valence electrons. The first kappa shape index (κ1) is 20.4. The van der Waals surface area contributed by atoms with Crippen molar-refractivity contribution in [2.45, 2.75) is 19.8 Å². The number of amides is 1. The second-order valence-electron chi connectivity index (χ2n) is 7.18. The Balaban J connectivity index is 1.62. The van der Waals surface area contributed by atoms with Gasteiger partial charge in [0.1, 0.15) is 11.3 Å². The Morgan fingerprint density at radius 3 is 2.32 bits per heavy atom. The highest BCUT2D eigenvalue weighted by molar-refractivity contribution is 6.18. The number of ketones is 1. The van der Waals surface area contributed by atoms with Gasteiger partial charge in [0.2, 0.25) is 5.78 Å². The number of unbranched alkanes of at least 4 members (excludes halogenated alkanes) is 1. The topological polar surface area (TPSA) is 68.5 Å². The Hall–Kier alpha value is -3.86. The maximum absolute atomic E-state index is 13.1. The molecule has 0 radical (unpaired) electrons. The van der Waals surface area contributed by atoms with Gasteiger partial charge in [-0.25, -0.2) is 0 Å². The second kappa shape index (κ2) is 9.30. The molecule has 0 spiro atoms. The summed E-state index contributed by atoms with van der Waals surface area (Å²) < 4.78 is 11.5. The van der Waals surface area contributed by atoms with Gasteiger partial charge in [-0.05, 0) is 42.8 Å². The molecule has 31 heavy (non-hydrogen) atoms. The van der Waals surface area contributed by atoms with Crippen LogP contribution < -0.4 is 10.1 Å². The molecular weight excluding hydrogens is 390 g/mol. The predicted octanol–water partition coefficient (Wildman–Crippen LogP) is 6.10. The lowest BCUT2D eigenvalue weighted by atomic mass is 10.1. The van der Waals surface area contributed by atoms with Crippen molar-refractivity contribution >= 4 is 28.3 Å². The maximum atomic E-state index is 13.1. The van der Waals surface area contributed by atoms with Crippen LogP contribution in [0.1, 0.15) is 46.2 Å². The van der Waals surface area contributed by atoms with Crippen LogP contribution in [0.4, 0.5) is 5.69 Å². The molecule has 0 saturated heterocycles. The van der Waals surface area contributed by atoms with E-state index in [9.17, 15) is 9.59 Å². The molecule has 4 rings (SSSR count). The number of para-hydroxylation sites is 1. The SMILES string of the molecule is CCCCOc1ccc(C(=O)Nc2c(C(=O)c3ccccc3)oc3ccccc23)cc1. The molecule has 0 atom stereocenters. The van der Waals surface area contributed by atoms with Crippen LogP contribution in [0.15, 0.2) is 83.3 Å². The van der Waals surface area contributed by atoms with Crippen molar-refractivity contribution in [3.63, 3.8) is 0 Å². The lowest BCUT2D eigenvalue weighted by Crippen LogP contribution is -2.14. The van der Waals surface area contributed by atoms with Crippen molar-refractivity contribution in [1.82, 2.24) is 0 Å². The zero-order chi connectivity index (χ0) is 21.6. The first-order valence-electron chi connectivity index (χ1n) is 10.3. The average molecular weight is 413 g/mol. The number of nitrogens with one attached hydrogen (secondary N) is 1. The van der Waals surface area contributed by atoms with E-state index in [1.165, 1.54) is 0 Å². The third kappa shape index (κ3) is 4.51. The highest BCUT2D eigenvalue weighted by Crippen LogP contribution is 2.33. The van der Waals surface area contributed by atoms with E-state index in [0.717, 1.165) is 18.6 Å². The molecule has 1 aromatic heterocycles. The van der Waals surface area contributed by atoms with Gasteiger partial charge in [-0.15, -0.1) is 0 Å². The van der Waals surface area contributed by atoms with Crippen molar-refractivity contribution < 1.29 is 18.7 Å². The summed E-state index contributed by atoms with van der Waals surface area (Å²) in [4.78, 5) is 26.0. The number of rotatable bonds is 8. The molecule has 1 heterocycles. The summed E-state index contributed by atoms with van der Waals surface area (Å²) in [6, 6.07) is 23.1. The van der Waals surface area contributed by atoms with Gasteiger partial charge in [0.25, 0.3) is 5.91 Å². The number of hydrogen-bond donors (Lipinski definition) is 1. The van der Waals surface area contributed by atoms with Crippen molar-refractivity contribution in [2.75, 3.05) is 11.9 Å². The Bertz CT molecular complexity index is 1190. The Kier molecular flexibility index (Phi) is 6.13. The standard InChI is InChI=1S/C26H23NO4/c1-2-3-17-30-20-15-13-19(14-16-20)26(29)27-23-21-11-7-8-12-22(21)31-25(23)24(28)18-9-5-4-6-10-18/h4-16H,2-3,17H2,1H3,(H,27,29). The Labute approximate surface area is 180 Å². The van der Waals surface area contributed by atoms with E-state index in [2.05, 4.69) is 12.2 Å². The van der Waals surface area contributed by atoms with Crippen LogP contribution >= 0.6 is 0 Å². The summed E-state index contributed by atoms with van der Waals surface area (Å²) in [5.74, 6) is 0.222. The number of anilines is 1. The minimum atomic E-state index is -0.325. The number of carbonyl (C=O) groups excluding carboxylic acids is 2. The van der Waals surface area contributed by atoms with Crippen molar-refractivity contribution in [2.24, 2.45) is 0 Å². The van der Waals surface area contributed by atoms with Gasteiger partial charge in [0.15, 0.2) is 5.76 Å². The number of furan rings is 1. The third-order valence-electron chi connectivity index (χ3n) is 4.96. The van der Waals surface area contributed by atoms with E-state index in [-0.39, 0.29) is 17.5 Å². The van der Waals surface area contributed by atoms with Gasteiger partial charge in [-0.3, -0.25) is 9.59 Å². The normalized spacial score (nSPS) is 10.7. The molecule has 1 N–H and O–H groups in total. The monoisotopic (exact) mass is 413 g/mol. The third-order valence-corrected chi connectivity index (χ3v) is 4.96. The van der Waals surface area contributed by atoms with E-state index in [1.807, 2.05) is 24.3 Å². The highest BCUT2D eigenvalue weighted by Gasteiger charge is 2.23. The fourth-order valence-corrected chi connectivity index (χ4v) is 3.27. The minimum absolute atomic E-state index is 0.111. The quantitative estimate of drug-likeness (QED) is 0.280. The van der Waals surface area contributed by atoms with Crippen LogP contribution in [0.2, 0.25) is 0 Å². The van der Waals surface area contributed by atoms with Crippen LogP contribution in [0.3, 0.4) is 0 Å². The number of carbonyl (C=O) groups is 2. The number of benzene rings is 3. The van der Waals surface area contributed by atoms with Gasteiger partial charge in [-0.2, -0.15) is 0 Å². The van der Waals surface area contributed by atoms with Gasteiger partial charge >= 0.3 is 0 Å². The summed E-state index contributed by atoms with van der Waals surface area (Å²) in [6.07, 6.45) is 2.04. The molecule has 0 aliphatic heterocycles. The predicted molar refractivity (Wildman–Crippen MR) is 121 cm³/mol. The summed E-state index contributed by atoms with van der Waals surface area (Å²) in [7, 11) is 0. The molecule has 3 aromatic carbocycles. The smallest absolute Gasteiger partial charge is 0.255 e. The molecule has 0 unspecified atom stereocenters. The van der Waals surface area contributed by atoms with E-state index in [1.54, 1.807) is 54.6 Å². The number of fused-ring (bicyclic) bond motifs is 1. The lowest BCUT2D eigenvalue weighted by Gasteiger charge is -2.08. The zero-order valence-corrected chi connectivity index (χ0v) is 17.3. The molecule has 0 bridgehead atoms. The fourth-order valence-electron chi connectivity index (χ4n) is 3.27. The molecule has 4 aromatic rings. The van der Waals surface area contributed by atoms with Gasteiger partial charge in [0.05, 0.1) is 12.3 Å². The van der Waals surface area contributed by atoms with Gasteiger partial charge < -0.3 is 14.5 Å². The zero-order valence-electron chi connectivity index (χ0n) is 17.3. The number of ether oxygens (including phenoxy) is 1. The average Bonchev–Trinajstić information content (AvgIpc) is 3.18. The lowest BCUT2D eigenvalue weighted by molar-refractivity contribution is 0.101. The van der Waals surface area contributed by atoms with Crippen molar-refractivity contribution in [1.29, 1.82) is 0 Å². The highest BCUT2D eigenvalue weighted by atomic mass is 16.5. The molecule has 0 aliphatic carbocycles. The molecular formula is C26H23NO4. The molecule has 1 amide bonds. The summed E-state index contributed by atoms with van der Waals surface area (Å²) in [5.41, 5.74) is 1.87. The van der Waals surface area contributed by atoms with E-state index >= 15 is 0 Å². The van der Waals surface area contributed by atoms with Crippen molar-refractivity contribution in [3.05, 3.63) is 95.7 Å². The molecule has 0 fully saturated rings. The fraction of sp³-hybridized carbons (Fsp3) is 0.154. The van der Waals surface area contributed by atoms with Crippen LogP contribution in [-0.2, 0) is 0 Å².